The molecule has 392 valence electrons. The zero-order valence-electron chi connectivity index (χ0n) is 41.6. The zero-order chi connectivity index (χ0) is 51.2. The molecule has 3 fully saturated rings. The average Bonchev–Trinajstić information content (AvgIpc) is 3.84. The smallest absolute Gasteiger partial charge is 0.390 e. The minimum absolute atomic E-state index is 0.0418. The number of benzene rings is 1. The molecule has 1 aromatic carbocycles. The number of phosphoric ester groups is 1. The summed E-state index contributed by atoms with van der Waals surface area (Å²) in [6.07, 6.45) is 12.3. The number of aromatic nitrogens is 3. The fourth-order valence-corrected chi connectivity index (χ4v) is 16.6. The summed E-state index contributed by atoms with van der Waals surface area (Å²) in [6.45, 7) is 4.69. The Hall–Kier alpha value is -2.86. The number of alkyl halides is 2. The molecule has 0 radical (unpaired) electrons. The number of carbonyl (C=O) groups is 3. The highest BCUT2D eigenvalue weighted by Gasteiger charge is 2.73. The van der Waals surface area contributed by atoms with Crippen LogP contribution in [-0.2, 0) is 49.8 Å². The summed E-state index contributed by atoms with van der Waals surface area (Å²) >= 11 is 1.29. The van der Waals surface area contributed by atoms with Crippen LogP contribution in [0.3, 0.4) is 0 Å². The first-order valence-corrected chi connectivity index (χ1v) is 30.0. The maximum atomic E-state index is 17.4. The van der Waals surface area contributed by atoms with Crippen molar-refractivity contribution in [1.82, 2.24) is 20.3 Å². The van der Waals surface area contributed by atoms with Crippen molar-refractivity contribution in [3.8, 4) is 5.69 Å². The van der Waals surface area contributed by atoms with Crippen LogP contribution in [-0.4, -0.2) is 104 Å². The molecule has 1 heterocycles. The number of hydrogen-bond acceptors (Lipinski definition) is 12. The second kappa shape index (κ2) is 23.8. The average molecular weight is 1050 g/mol. The van der Waals surface area contributed by atoms with Crippen LogP contribution >= 0.6 is 27.2 Å². The summed E-state index contributed by atoms with van der Waals surface area (Å²) in [5.41, 5.74) is -0.377. The summed E-state index contributed by atoms with van der Waals surface area (Å²) in [7, 11) is -7.24. The van der Waals surface area contributed by atoms with Gasteiger partial charge in [0, 0.05) is 29.5 Å². The lowest BCUT2D eigenvalue weighted by molar-refractivity contribution is -0.201. The van der Waals surface area contributed by atoms with Gasteiger partial charge in [-0.1, -0.05) is 112 Å². The fraction of sp³-hybridized carbons (Fsp3) is 0.700. The van der Waals surface area contributed by atoms with Gasteiger partial charge >= 0.3 is 15.4 Å². The molecular weight excluding hydrogens is 975 g/mol. The van der Waals surface area contributed by atoms with Gasteiger partial charge in [-0.2, -0.15) is 0 Å². The maximum Gasteiger partial charge on any atom is 0.479 e. The second-order valence-corrected chi connectivity index (χ2v) is 25.7. The van der Waals surface area contributed by atoms with E-state index in [4.69, 9.17) is 9.26 Å². The van der Waals surface area contributed by atoms with Crippen molar-refractivity contribution in [2.24, 2.45) is 34.5 Å². The van der Waals surface area contributed by atoms with Crippen LogP contribution in [0.25, 0.3) is 5.69 Å². The number of allylic oxidation sites excluding steroid dienone is 4. The zero-order valence-corrected chi connectivity index (χ0v) is 44.3. The van der Waals surface area contributed by atoms with E-state index in [2.05, 4.69) is 39.9 Å². The molecule has 3 saturated carbocycles. The molecule has 5 aliphatic rings. The number of carbonyl (C=O) groups excluding carboxylic acids is 3. The Morgan fingerprint density at radius 2 is 1.70 bits per heavy atom. The molecular formula is C50H73BF2N4O11P2S. The van der Waals surface area contributed by atoms with E-state index in [0.29, 0.717) is 37.1 Å². The molecule has 21 heteroatoms. The van der Waals surface area contributed by atoms with Crippen LogP contribution < -0.4 is 5.32 Å². The van der Waals surface area contributed by atoms with E-state index in [0.717, 1.165) is 81.9 Å². The summed E-state index contributed by atoms with van der Waals surface area (Å²) in [5, 5.41) is 23.0. The van der Waals surface area contributed by atoms with Gasteiger partial charge in [0.1, 0.15) is 32.4 Å². The Balaban J connectivity index is 0.734. The summed E-state index contributed by atoms with van der Waals surface area (Å²) < 4.78 is 75.7. The molecule has 12 atom stereocenters. The van der Waals surface area contributed by atoms with Gasteiger partial charge in [0.05, 0.1) is 30.3 Å². The Labute approximate surface area is 422 Å². The summed E-state index contributed by atoms with van der Waals surface area (Å²) in [4.78, 5) is 59.0. The molecule has 4 unspecified atom stereocenters. The van der Waals surface area contributed by atoms with Crippen molar-refractivity contribution in [1.29, 1.82) is 0 Å². The second-order valence-electron chi connectivity index (χ2n) is 21.0. The van der Waals surface area contributed by atoms with Crippen LogP contribution in [0.15, 0.2) is 48.1 Å². The molecule has 0 spiro atoms. The number of rotatable bonds is 23. The number of fused-ring (bicyclic) bond motifs is 6. The molecule has 1 aromatic heterocycles. The highest BCUT2D eigenvalue weighted by atomic mass is 32.2. The van der Waals surface area contributed by atoms with Gasteiger partial charge < -0.3 is 24.9 Å². The molecule has 0 aliphatic heterocycles. The molecule has 5 aliphatic carbocycles. The van der Waals surface area contributed by atoms with Gasteiger partial charge in [0.2, 0.25) is 5.91 Å². The molecule has 71 heavy (non-hydrogen) atoms. The highest BCUT2D eigenvalue weighted by Crippen LogP contribution is 2.70. The lowest BCUT2D eigenvalue weighted by Gasteiger charge is -2.62. The number of unbranched alkanes of at least 4 members (excludes halogenated alkanes) is 7. The van der Waals surface area contributed by atoms with Gasteiger partial charge in [0.25, 0.3) is 0 Å². The van der Waals surface area contributed by atoms with Crippen LogP contribution in [0, 0.1) is 34.5 Å². The number of aliphatic hydroxyl groups is 1. The van der Waals surface area contributed by atoms with E-state index in [1.165, 1.54) is 35.6 Å². The number of amides is 1. The third-order valence-corrected chi connectivity index (χ3v) is 20.5. The quantitative estimate of drug-likeness (QED) is 0.0466. The first-order valence-electron chi connectivity index (χ1n) is 25.8. The number of hydrogen-bond donors (Lipinski definition) is 4. The molecule has 1 amide bonds. The monoisotopic (exact) mass is 1050 g/mol. The third kappa shape index (κ3) is 12.6. The largest absolute Gasteiger partial charge is 0.479 e. The number of ether oxygens (including phenoxy) is 1. The van der Waals surface area contributed by atoms with Crippen molar-refractivity contribution in [3.05, 3.63) is 65.0 Å². The number of ketones is 1. The van der Waals surface area contributed by atoms with Gasteiger partial charge in [0.15, 0.2) is 16.6 Å². The predicted molar refractivity (Wildman–Crippen MR) is 270 cm³/mol. The molecule has 2 aromatic rings. The summed E-state index contributed by atoms with van der Waals surface area (Å²) in [6, 6.07) is 8.17. The van der Waals surface area contributed by atoms with E-state index in [1.54, 1.807) is 6.92 Å². The van der Waals surface area contributed by atoms with Crippen molar-refractivity contribution in [3.63, 3.8) is 0 Å². The number of aliphatic hydroxyl groups excluding tert-OH is 1. The third-order valence-electron chi connectivity index (χ3n) is 16.2. The Bertz CT molecular complexity index is 2380. The first kappa shape index (κ1) is 55.9. The minimum Gasteiger partial charge on any atom is -0.390 e. The lowest BCUT2D eigenvalue weighted by atomic mass is 9.45. The normalized spacial score (nSPS) is 32.0. The van der Waals surface area contributed by atoms with Gasteiger partial charge in [-0.25, -0.2) is 22.3 Å². The molecule has 0 bridgehead atoms. The topological polar surface area (TPSA) is 216 Å². The van der Waals surface area contributed by atoms with E-state index in [9.17, 15) is 38.4 Å². The van der Waals surface area contributed by atoms with E-state index < -0.39 is 68.7 Å². The van der Waals surface area contributed by atoms with E-state index in [1.807, 2.05) is 30.7 Å². The minimum atomic E-state index is -4.90. The van der Waals surface area contributed by atoms with Crippen LogP contribution in [0.5, 0.6) is 0 Å². The molecule has 15 nitrogen and oxygen atoms in total. The number of thioether (sulfide) groups is 1. The highest BCUT2D eigenvalue weighted by molar-refractivity contribution is 8.13. The predicted octanol–water partition coefficient (Wildman–Crippen LogP) is 8.57. The van der Waals surface area contributed by atoms with Crippen molar-refractivity contribution >= 4 is 51.8 Å². The number of halogens is 2. The van der Waals surface area contributed by atoms with Crippen LogP contribution in [0.4, 0.5) is 8.78 Å². The Morgan fingerprint density at radius 3 is 2.42 bits per heavy atom. The van der Waals surface area contributed by atoms with E-state index >= 15 is 8.78 Å². The standard InChI is InChI=1S/C50H73BF2N4O11P2S/c1-33-27-37-38-29-40(52)39-28-36(58)21-22-49(39,3)50(38,53)43(59)30-48(37,2)45(33)47(61)71-26-14-9-7-5-4-6-8-13-25-69(62,63)68-70(64,65)67-24-23-54-44(60)32-66-42-16-12-10-11-15-41-46(42)55-56-57(41)35-19-17-34(31-51)18-20-35/h17-22,28,33,37-38,40,42-43,45,59H,4-16,23-27,29-32,51H2,1-3H3,(H,54,60)(H,62,63)(H,64,65)/t33-,37?,38+,40+,42?,43+,45-,48+,49+,50+/m1/s1. The van der Waals surface area contributed by atoms with Crippen LogP contribution in [0.1, 0.15) is 140 Å². The Kier molecular flexibility index (Phi) is 18.7. The fourth-order valence-electron chi connectivity index (χ4n) is 12.6. The lowest BCUT2D eigenvalue weighted by Crippen LogP contribution is -2.68. The summed E-state index contributed by atoms with van der Waals surface area (Å²) in [5.74, 6) is -1.72. The Morgan fingerprint density at radius 1 is 1.00 bits per heavy atom. The number of nitrogens with zero attached hydrogens (tertiary/aromatic N) is 3. The molecule has 4 N–H and O–H groups in total. The molecule has 0 saturated heterocycles. The van der Waals surface area contributed by atoms with Crippen molar-refractivity contribution in [2.75, 3.05) is 31.7 Å². The van der Waals surface area contributed by atoms with Gasteiger partial charge in [-0.05, 0) is 105 Å². The van der Waals surface area contributed by atoms with Crippen molar-refractivity contribution in [2.45, 2.75) is 154 Å². The number of nitrogens with one attached hydrogen (secondary N) is 1. The SMILES string of the molecule is BCc1ccc(-n2nnc3c2CCCCCC3OCC(=O)NCCOP(=O)(O)OP(=O)(O)CCCCCCCCCCSC(=O)[C@H]2[C@H](C)CC3[C@@H]4C[C@H](F)C5=CC(=O)C=C[C@]5(C)[C@@]4(F)[C@@H](O)C[C@@]32C)cc1. The first-order chi connectivity index (χ1) is 33.7. The van der Waals surface area contributed by atoms with Gasteiger partial charge in [-0.15, -0.1) is 5.10 Å². The van der Waals surface area contributed by atoms with Crippen LogP contribution in [0.2, 0.25) is 0 Å². The number of phosphoric acid groups is 1. The maximum absolute atomic E-state index is 17.4. The molecule has 7 rings (SSSR count). The van der Waals surface area contributed by atoms with E-state index in [-0.39, 0.29) is 66.4 Å². The van der Waals surface area contributed by atoms with Gasteiger partial charge in [-0.3, -0.25) is 23.5 Å². The van der Waals surface area contributed by atoms with Crippen molar-refractivity contribution < 1.29 is 60.8 Å².